The number of ether oxygens (including phenoxy) is 1. The average molecular weight is 378 g/mol. The number of hydrogen-bond acceptors (Lipinski definition) is 5. The maximum Gasteiger partial charge on any atom is 0.232 e. The van der Waals surface area contributed by atoms with E-state index in [0.29, 0.717) is 29.2 Å². The summed E-state index contributed by atoms with van der Waals surface area (Å²) in [4.78, 5) is 17.6. The molecule has 2 aromatic rings. The Hall–Kier alpha value is -2.63. The van der Waals surface area contributed by atoms with Gasteiger partial charge in [-0.25, -0.2) is 0 Å². The molecule has 0 unspecified atom stereocenters. The molecule has 0 spiro atoms. The van der Waals surface area contributed by atoms with Gasteiger partial charge in [0.05, 0.1) is 11.1 Å². The highest BCUT2D eigenvalue weighted by atomic mass is 16.5. The van der Waals surface area contributed by atoms with Crippen LogP contribution in [0.25, 0.3) is 6.08 Å². The summed E-state index contributed by atoms with van der Waals surface area (Å²) >= 11 is 0. The topological polar surface area (TPSA) is 53.0 Å². The summed E-state index contributed by atoms with van der Waals surface area (Å²) in [5.41, 5.74) is 4.06. The van der Waals surface area contributed by atoms with Crippen LogP contribution in [-0.4, -0.2) is 53.9 Å². The second kappa shape index (κ2) is 7.41. The minimum Gasteiger partial charge on any atom is -0.507 e. The number of piperazine rings is 1. The highest BCUT2D eigenvalue weighted by molar-refractivity contribution is 6.15. The molecule has 1 saturated heterocycles. The third-order valence-electron chi connectivity index (χ3n) is 5.67. The predicted molar refractivity (Wildman–Crippen MR) is 110 cm³/mol. The van der Waals surface area contributed by atoms with Gasteiger partial charge in [0.1, 0.15) is 11.5 Å². The highest BCUT2D eigenvalue weighted by Gasteiger charge is 2.34. The summed E-state index contributed by atoms with van der Waals surface area (Å²) in [5.74, 6) is 0.911. The number of allylic oxidation sites excluding steroid dienone is 1. The van der Waals surface area contributed by atoms with E-state index in [1.165, 1.54) is 0 Å². The number of phenolic OH excluding ortho intramolecular Hbond substituents is 1. The smallest absolute Gasteiger partial charge is 0.232 e. The van der Waals surface area contributed by atoms with E-state index in [4.69, 9.17) is 4.74 Å². The van der Waals surface area contributed by atoms with Crippen molar-refractivity contribution in [2.24, 2.45) is 0 Å². The zero-order valence-corrected chi connectivity index (χ0v) is 16.7. The minimum absolute atomic E-state index is 0.115. The molecule has 5 nitrogen and oxygen atoms in total. The quantitative estimate of drug-likeness (QED) is 0.830. The Morgan fingerprint density at radius 3 is 2.54 bits per heavy atom. The summed E-state index contributed by atoms with van der Waals surface area (Å²) < 4.78 is 6.05. The Balaban J connectivity index is 1.69. The maximum absolute atomic E-state index is 13.0. The zero-order valence-electron chi connectivity index (χ0n) is 16.7. The molecule has 5 heteroatoms. The Morgan fingerprint density at radius 1 is 1.11 bits per heavy atom. The van der Waals surface area contributed by atoms with Crippen LogP contribution in [0.3, 0.4) is 0 Å². The van der Waals surface area contributed by atoms with Crippen LogP contribution in [-0.2, 0) is 6.54 Å². The summed E-state index contributed by atoms with van der Waals surface area (Å²) in [5, 5.41) is 10.6. The molecule has 146 valence electrons. The number of nitrogens with zero attached hydrogens (tertiary/aromatic N) is 2. The Labute approximate surface area is 165 Å². The van der Waals surface area contributed by atoms with Crippen LogP contribution in [0.4, 0.5) is 0 Å². The van der Waals surface area contributed by atoms with Gasteiger partial charge in [0.2, 0.25) is 5.78 Å². The van der Waals surface area contributed by atoms with Gasteiger partial charge in [-0.15, -0.1) is 0 Å². The number of carbonyl (C=O) groups excluding carboxylic acids is 1. The lowest BCUT2D eigenvalue weighted by Gasteiger charge is -2.32. The first-order chi connectivity index (χ1) is 13.4. The molecule has 0 radical (unpaired) electrons. The molecule has 28 heavy (non-hydrogen) atoms. The summed E-state index contributed by atoms with van der Waals surface area (Å²) in [6.07, 6.45) is 1.80. The van der Waals surface area contributed by atoms with E-state index < -0.39 is 0 Å². The first kappa shape index (κ1) is 18.7. The second-order valence-electron chi connectivity index (χ2n) is 7.77. The minimum atomic E-state index is -0.115. The van der Waals surface area contributed by atoms with Crippen molar-refractivity contribution in [1.29, 1.82) is 0 Å². The Bertz CT molecular complexity index is 957. The van der Waals surface area contributed by atoms with Crippen molar-refractivity contribution in [3.05, 3.63) is 63.9 Å². The van der Waals surface area contributed by atoms with Gasteiger partial charge >= 0.3 is 0 Å². The van der Waals surface area contributed by atoms with Gasteiger partial charge in [0.25, 0.3) is 0 Å². The number of carbonyl (C=O) groups is 1. The number of benzene rings is 2. The predicted octanol–water partition coefficient (Wildman–Crippen LogP) is 3.37. The molecule has 0 amide bonds. The van der Waals surface area contributed by atoms with E-state index in [2.05, 4.69) is 16.8 Å². The van der Waals surface area contributed by atoms with Crippen LogP contribution >= 0.6 is 0 Å². The van der Waals surface area contributed by atoms with Gasteiger partial charge < -0.3 is 14.7 Å². The molecule has 0 bridgehead atoms. The summed E-state index contributed by atoms with van der Waals surface area (Å²) in [6, 6.07) is 9.58. The Morgan fingerprint density at radius 2 is 1.82 bits per heavy atom. The number of fused-ring (bicyclic) bond motifs is 1. The molecule has 2 aliphatic rings. The van der Waals surface area contributed by atoms with Crippen LogP contribution < -0.4 is 4.74 Å². The number of aromatic hydroxyl groups is 1. The molecular formula is C23H26N2O3. The van der Waals surface area contributed by atoms with Gasteiger partial charge in [0.15, 0.2) is 5.76 Å². The van der Waals surface area contributed by atoms with E-state index in [1.54, 1.807) is 12.1 Å². The van der Waals surface area contributed by atoms with Crippen LogP contribution in [0, 0.1) is 13.8 Å². The van der Waals surface area contributed by atoms with Crippen molar-refractivity contribution >= 4 is 11.9 Å². The number of phenols is 1. The third kappa shape index (κ3) is 3.43. The van der Waals surface area contributed by atoms with Crippen LogP contribution in [0.1, 0.15) is 32.6 Å². The molecule has 0 aliphatic carbocycles. The van der Waals surface area contributed by atoms with E-state index >= 15 is 0 Å². The van der Waals surface area contributed by atoms with Crippen molar-refractivity contribution in [2.45, 2.75) is 20.4 Å². The van der Waals surface area contributed by atoms with Gasteiger partial charge in [-0.2, -0.15) is 0 Å². The summed E-state index contributed by atoms with van der Waals surface area (Å²) in [7, 11) is 2.11. The molecule has 2 aromatic carbocycles. The van der Waals surface area contributed by atoms with Crippen molar-refractivity contribution in [3.63, 3.8) is 0 Å². The lowest BCUT2D eigenvalue weighted by molar-refractivity contribution is 0.101. The maximum atomic E-state index is 13.0. The van der Waals surface area contributed by atoms with E-state index in [1.807, 2.05) is 38.1 Å². The van der Waals surface area contributed by atoms with Gasteiger partial charge in [-0.1, -0.05) is 24.3 Å². The number of ketones is 1. The van der Waals surface area contributed by atoms with Crippen LogP contribution in [0.15, 0.2) is 36.1 Å². The fourth-order valence-electron chi connectivity index (χ4n) is 3.85. The molecule has 4 rings (SSSR count). The average Bonchev–Trinajstić information content (AvgIpc) is 2.99. The zero-order chi connectivity index (χ0) is 19.8. The standard InChI is InChI=1S/C23H26N2O3/c1-15-6-4-5-7-17(15)13-20-22(27)21-16(2)12-19(26)18(23(21)28-20)14-25-10-8-24(3)9-11-25/h4-7,12-13,26H,8-11,14H2,1-3H3/b20-13-. The Kier molecular flexibility index (Phi) is 4.96. The molecule has 0 atom stereocenters. The number of hydrogen-bond donors (Lipinski definition) is 1. The number of aryl methyl sites for hydroxylation is 2. The number of rotatable bonds is 3. The van der Waals surface area contributed by atoms with Crippen LogP contribution in [0.5, 0.6) is 11.5 Å². The van der Waals surface area contributed by atoms with Crippen LogP contribution in [0.2, 0.25) is 0 Å². The lowest BCUT2D eigenvalue weighted by atomic mass is 9.98. The van der Waals surface area contributed by atoms with E-state index in [-0.39, 0.29) is 11.5 Å². The molecule has 0 saturated carbocycles. The van der Waals surface area contributed by atoms with E-state index in [0.717, 1.165) is 42.9 Å². The normalized spacial score (nSPS) is 19.1. The molecule has 1 N–H and O–H groups in total. The second-order valence-corrected chi connectivity index (χ2v) is 7.77. The monoisotopic (exact) mass is 378 g/mol. The van der Waals surface area contributed by atoms with Gasteiger partial charge in [0, 0.05) is 32.7 Å². The fourth-order valence-corrected chi connectivity index (χ4v) is 3.85. The largest absolute Gasteiger partial charge is 0.507 e. The van der Waals surface area contributed by atoms with Crippen molar-refractivity contribution in [2.75, 3.05) is 33.2 Å². The first-order valence-corrected chi connectivity index (χ1v) is 9.70. The fraction of sp³-hybridized carbons (Fsp3) is 0.348. The molecule has 2 aliphatic heterocycles. The molecule has 0 aromatic heterocycles. The summed E-state index contributed by atoms with van der Waals surface area (Å²) in [6.45, 7) is 8.27. The lowest BCUT2D eigenvalue weighted by Crippen LogP contribution is -2.43. The third-order valence-corrected chi connectivity index (χ3v) is 5.67. The highest BCUT2D eigenvalue weighted by Crippen LogP contribution is 2.42. The number of likely N-dealkylation sites (N-methyl/N-ethyl adjacent to an activating group) is 1. The van der Waals surface area contributed by atoms with Crippen molar-refractivity contribution < 1.29 is 14.6 Å². The van der Waals surface area contributed by atoms with Crippen molar-refractivity contribution in [1.82, 2.24) is 9.80 Å². The number of Topliss-reactive ketones (excluding diaryl/α,β-unsaturated/α-hetero) is 1. The molecular weight excluding hydrogens is 352 g/mol. The van der Waals surface area contributed by atoms with Crippen molar-refractivity contribution in [3.8, 4) is 11.5 Å². The van der Waals surface area contributed by atoms with E-state index in [9.17, 15) is 9.90 Å². The molecule has 2 heterocycles. The van der Waals surface area contributed by atoms with Gasteiger partial charge in [-0.05, 0) is 49.7 Å². The SMILES string of the molecule is Cc1ccccc1/C=C1\Oc2c(CN3CCN(C)CC3)c(O)cc(C)c2C1=O. The first-order valence-electron chi connectivity index (χ1n) is 9.70. The molecule has 1 fully saturated rings. The van der Waals surface area contributed by atoms with Gasteiger partial charge in [-0.3, -0.25) is 9.69 Å².